The number of pyridine rings is 1. The van der Waals surface area contributed by atoms with Crippen molar-refractivity contribution in [1.82, 2.24) is 15.2 Å². The van der Waals surface area contributed by atoms with Gasteiger partial charge in [-0.05, 0) is 13.0 Å². The highest BCUT2D eigenvalue weighted by Crippen LogP contribution is 2.17. The minimum Gasteiger partial charge on any atom is -0.468 e. The van der Waals surface area contributed by atoms with Gasteiger partial charge in [0, 0.05) is 37.9 Å². The quantitative estimate of drug-likeness (QED) is 0.918. The van der Waals surface area contributed by atoms with Gasteiger partial charge in [-0.1, -0.05) is 0 Å². The number of nitrogens with zero attached hydrogens (tertiary/aromatic N) is 2. The first-order chi connectivity index (χ1) is 9.85. The van der Waals surface area contributed by atoms with Crippen LogP contribution in [0.1, 0.15) is 17.3 Å². The van der Waals surface area contributed by atoms with Gasteiger partial charge in [0.25, 0.3) is 5.91 Å². The molecule has 0 saturated carbocycles. The molecule has 2 heterocycles. The van der Waals surface area contributed by atoms with Gasteiger partial charge < -0.3 is 15.0 Å². The van der Waals surface area contributed by atoms with Crippen LogP contribution in [0.2, 0.25) is 0 Å². The summed E-state index contributed by atoms with van der Waals surface area (Å²) in [6.45, 7) is 2.47. The number of nitrogens with one attached hydrogen (secondary N) is 1. The average molecular weight is 303 g/mol. The average Bonchev–Trinajstić information content (AvgIpc) is 2.44. The molecule has 8 heteroatoms. The normalized spacial score (nSPS) is 19.4. The Morgan fingerprint density at radius 3 is 2.86 bits per heavy atom. The lowest BCUT2D eigenvalue weighted by Crippen LogP contribution is -2.51. The molecule has 0 aromatic carbocycles. The molecule has 1 N–H and O–H groups in total. The van der Waals surface area contributed by atoms with E-state index in [9.17, 15) is 18.0 Å². The summed E-state index contributed by atoms with van der Waals surface area (Å²) in [7, 11) is 0. The lowest BCUT2D eigenvalue weighted by atomic mass is 10.2. The number of carbonyl (C=O) groups excluding carboxylic acids is 1. The Kier molecular flexibility index (Phi) is 4.66. The fraction of sp³-hybridized carbons (Fsp3) is 0.538. The Bertz CT molecular complexity index is 490. The molecule has 1 aliphatic rings. The molecular formula is C13H16F3N3O2. The Hall–Kier alpha value is -1.83. The Labute approximate surface area is 120 Å². The summed E-state index contributed by atoms with van der Waals surface area (Å²) in [5.74, 6) is -0.337. The summed E-state index contributed by atoms with van der Waals surface area (Å²) < 4.78 is 40.5. The van der Waals surface area contributed by atoms with Crippen molar-refractivity contribution < 1.29 is 22.7 Å². The first kappa shape index (κ1) is 15.6. The van der Waals surface area contributed by atoms with Gasteiger partial charge in [-0.25, -0.2) is 4.98 Å². The largest absolute Gasteiger partial charge is 0.468 e. The second-order valence-electron chi connectivity index (χ2n) is 4.90. The van der Waals surface area contributed by atoms with E-state index in [0.29, 0.717) is 25.2 Å². The number of carbonyl (C=O) groups is 1. The predicted molar refractivity (Wildman–Crippen MR) is 69.2 cm³/mol. The van der Waals surface area contributed by atoms with Crippen molar-refractivity contribution in [3.05, 3.63) is 23.9 Å². The molecule has 5 nitrogen and oxygen atoms in total. The molecule has 0 bridgehead atoms. The highest BCUT2D eigenvalue weighted by atomic mass is 19.4. The van der Waals surface area contributed by atoms with Crippen molar-refractivity contribution in [2.24, 2.45) is 0 Å². The minimum absolute atomic E-state index is 0.155. The highest BCUT2D eigenvalue weighted by molar-refractivity contribution is 5.94. The number of alkyl halides is 3. The number of aromatic nitrogens is 1. The molecule has 0 spiro atoms. The number of hydrogen-bond acceptors (Lipinski definition) is 4. The van der Waals surface area contributed by atoms with E-state index in [1.54, 1.807) is 4.90 Å². The molecule has 1 aromatic heterocycles. The van der Waals surface area contributed by atoms with Crippen molar-refractivity contribution in [3.63, 3.8) is 0 Å². The molecule has 1 saturated heterocycles. The maximum absolute atomic E-state index is 12.2. The van der Waals surface area contributed by atoms with E-state index < -0.39 is 12.8 Å². The molecule has 21 heavy (non-hydrogen) atoms. The van der Waals surface area contributed by atoms with E-state index in [1.165, 1.54) is 18.3 Å². The van der Waals surface area contributed by atoms with Crippen molar-refractivity contribution in [3.8, 4) is 5.88 Å². The SMILES string of the molecule is C[C@@H]1CN(C(=O)c2ccc(OCC(F)(F)F)nc2)CCN1. The van der Waals surface area contributed by atoms with Gasteiger partial charge in [-0.15, -0.1) is 0 Å². The van der Waals surface area contributed by atoms with Crippen LogP contribution < -0.4 is 10.1 Å². The standard InChI is InChI=1S/C13H16F3N3O2/c1-9-7-19(5-4-17-9)12(20)10-2-3-11(18-6-10)21-8-13(14,15)16/h2-3,6,9,17H,4-5,7-8H2,1H3/t9-/m1/s1. The number of ether oxygens (including phenoxy) is 1. The van der Waals surface area contributed by atoms with Crippen LogP contribution in [0.3, 0.4) is 0 Å². The smallest absolute Gasteiger partial charge is 0.422 e. The lowest BCUT2D eigenvalue weighted by molar-refractivity contribution is -0.154. The zero-order chi connectivity index (χ0) is 15.5. The van der Waals surface area contributed by atoms with E-state index in [0.717, 1.165) is 0 Å². The van der Waals surface area contributed by atoms with Crippen LogP contribution in [0.5, 0.6) is 5.88 Å². The van der Waals surface area contributed by atoms with Crippen molar-refractivity contribution >= 4 is 5.91 Å². The molecule has 2 rings (SSSR count). The highest BCUT2D eigenvalue weighted by Gasteiger charge is 2.28. The molecule has 1 fully saturated rings. The maximum atomic E-state index is 12.2. The van der Waals surface area contributed by atoms with Crippen LogP contribution in [0.4, 0.5) is 13.2 Å². The fourth-order valence-electron chi connectivity index (χ4n) is 2.05. The fourth-order valence-corrected chi connectivity index (χ4v) is 2.05. The van der Waals surface area contributed by atoms with Gasteiger partial charge in [-0.2, -0.15) is 13.2 Å². The Morgan fingerprint density at radius 1 is 1.52 bits per heavy atom. The topological polar surface area (TPSA) is 54.5 Å². The monoisotopic (exact) mass is 303 g/mol. The predicted octanol–water partition coefficient (Wildman–Crippen LogP) is 1.46. The minimum atomic E-state index is -4.41. The Morgan fingerprint density at radius 2 is 2.29 bits per heavy atom. The number of amides is 1. The molecule has 1 aliphatic heterocycles. The van der Waals surface area contributed by atoms with E-state index in [-0.39, 0.29) is 17.8 Å². The van der Waals surface area contributed by atoms with Gasteiger partial charge >= 0.3 is 6.18 Å². The number of piperazine rings is 1. The number of halogens is 3. The third kappa shape index (κ3) is 4.59. The summed E-state index contributed by atoms with van der Waals surface area (Å²) >= 11 is 0. The van der Waals surface area contributed by atoms with E-state index >= 15 is 0 Å². The Balaban J connectivity index is 1.96. The molecule has 1 aromatic rings. The number of rotatable bonds is 3. The number of hydrogen-bond donors (Lipinski definition) is 1. The van der Waals surface area contributed by atoms with Gasteiger partial charge in [0.05, 0.1) is 5.56 Å². The molecule has 0 unspecified atom stereocenters. The summed E-state index contributed by atoms with van der Waals surface area (Å²) in [6, 6.07) is 2.91. The molecule has 116 valence electrons. The van der Waals surface area contributed by atoms with Crippen molar-refractivity contribution in [1.29, 1.82) is 0 Å². The van der Waals surface area contributed by atoms with Gasteiger partial charge in [-0.3, -0.25) is 4.79 Å². The van der Waals surface area contributed by atoms with E-state index in [4.69, 9.17) is 0 Å². The van der Waals surface area contributed by atoms with Gasteiger partial charge in [0.2, 0.25) is 5.88 Å². The summed E-state index contributed by atoms with van der Waals surface area (Å²) in [6.07, 6.45) is -3.17. The third-order valence-electron chi connectivity index (χ3n) is 3.02. The first-order valence-electron chi connectivity index (χ1n) is 6.53. The summed E-state index contributed by atoms with van der Waals surface area (Å²) in [4.78, 5) is 17.6. The zero-order valence-electron chi connectivity index (χ0n) is 11.5. The van der Waals surface area contributed by atoms with Crippen LogP contribution in [-0.2, 0) is 0 Å². The lowest BCUT2D eigenvalue weighted by Gasteiger charge is -2.31. The van der Waals surface area contributed by atoms with E-state index in [2.05, 4.69) is 15.0 Å². The molecule has 0 aliphatic carbocycles. The van der Waals surface area contributed by atoms with E-state index in [1.807, 2.05) is 6.92 Å². The summed E-state index contributed by atoms with van der Waals surface area (Å²) in [5, 5.41) is 3.22. The molecule has 1 amide bonds. The summed E-state index contributed by atoms with van der Waals surface area (Å²) in [5.41, 5.74) is 0.337. The van der Waals surface area contributed by atoms with Crippen LogP contribution >= 0.6 is 0 Å². The zero-order valence-corrected chi connectivity index (χ0v) is 11.5. The maximum Gasteiger partial charge on any atom is 0.422 e. The second-order valence-corrected chi connectivity index (χ2v) is 4.90. The van der Waals surface area contributed by atoms with Crippen molar-refractivity contribution in [2.45, 2.75) is 19.1 Å². The first-order valence-corrected chi connectivity index (χ1v) is 6.53. The van der Waals surface area contributed by atoms with Gasteiger partial charge in [0.1, 0.15) is 0 Å². The van der Waals surface area contributed by atoms with Gasteiger partial charge in [0.15, 0.2) is 6.61 Å². The van der Waals surface area contributed by atoms with Crippen LogP contribution in [0.25, 0.3) is 0 Å². The third-order valence-corrected chi connectivity index (χ3v) is 3.02. The van der Waals surface area contributed by atoms with Crippen LogP contribution in [0.15, 0.2) is 18.3 Å². The van der Waals surface area contributed by atoms with Crippen molar-refractivity contribution in [2.75, 3.05) is 26.2 Å². The molecule has 1 atom stereocenters. The molecule has 0 radical (unpaired) electrons. The molecular weight excluding hydrogens is 287 g/mol. The van der Waals surface area contributed by atoms with Crippen LogP contribution in [0, 0.1) is 0 Å². The second kappa shape index (κ2) is 6.30. The van der Waals surface area contributed by atoms with Crippen LogP contribution in [-0.4, -0.2) is 54.3 Å².